The van der Waals surface area contributed by atoms with Crippen molar-refractivity contribution >= 4 is 11.7 Å². The third-order valence-corrected chi connectivity index (χ3v) is 2.73. The number of allylic oxidation sites excluding steroid dienone is 4. The molecule has 2 N–H and O–H groups in total. The maximum Gasteiger partial charge on any atom is 0.271 e. The summed E-state index contributed by atoms with van der Waals surface area (Å²) >= 11 is 0. The molecular formula is C15H14N2O3. The van der Waals surface area contributed by atoms with Crippen molar-refractivity contribution in [3.05, 3.63) is 71.7 Å². The van der Waals surface area contributed by atoms with E-state index in [1.165, 1.54) is 25.5 Å². The number of amides is 1. The number of nitrogens with two attached hydrogens (primary N) is 1. The fourth-order valence-electron chi connectivity index (χ4n) is 1.71. The zero-order valence-electron chi connectivity index (χ0n) is 10.9. The first kappa shape index (κ1) is 13.8. The highest BCUT2D eigenvalue weighted by molar-refractivity contribution is 6.04. The van der Waals surface area contributed by atoms with Crippen LogP contribution in [0.4, 0.5) is 0 Å². The van der Waals surface area contributed by atoms with Gasteiger partial charge in [-0.3, -0.25) is 14.6 Å². The van der Waals surface area contributed by atoms with Gasteiger partial charge in [0.2, 0.25) is 5.78 Å². The van der Waals surface area contributed by atoms with Crippen LogP contribution < -0.4 is 5.84 Å². The van der Waals surface area contributed by atoms with Crippen molar-refractivity contribution in [1.82, 2.24) is 5.01 Å². The maximum atomic E-state index is 12.0. The lowest BCUT2D eigenvalue weighted by molar-refractivity contribution is -0.114. The number of carbonyl (C=O) groups excluding carboxylic acids is 2. The molecule has 20 heavy (non-hydrogen) atoms. The van der Waals surface area contributed by atoms with Crippen LogP contribution >= 0.6 is 0 Å². The molecule has 5 heteroatoms. The highest BCUT2D eigenvalue weighted by atomic mass is 16.5. The first-order valence-corrected chi connectivity index (χ1v) is 5.95. The Balaban J connectivity index is 2.19. The van der Waals surface area contributed by atoms with E-state index in [2.05, 4.69) is 0 Å². The molecule has 1 aliphatic rings. The van der Waals surface area contributed by atoms with Crippen LogP contribution in [0, 0.1) is 0 Å². The summed E-state index contributed by atoms with van der Waals surface area (Å²) in [5.74, 6) is 5.37. The summed E-state index contributed by atoms with van der Waals surface area (Å²) in [6, 6.07) is 8.69. The number of hydrazine groups is 1. The molecule has 0 saturated heterocycles. The van der Waals surface area contributed by atoms with Crippen LogP contribution in [0.5, 0.6) is 0 Å². The van der Waals surface area contributed by atoms with Gasteiger partial charge in [0.25, 0.3) is 5.91 Å². The number of nitrogens with zero attached hydrogens (tertiary/aromatic N) is 1. The van der Waals surface area contributed by atoms with Crippen molar-refractivity contribution < 1.29 is 14.3 Å². The van der Waals surface area contributed by atoms with E-state index in [0.29, 0.717) is 11.1 Å². The normalized spacial score (nSPS) is 16.0. The van der Waals surface area contributed by atoms with Crippen molar-refractivity contribution in [1.29, 1.82) is 0 Å². The van der Waals surface area contributed by atoms with Crippen LogP contribution in [0.1, 0.15) is 10.4 Å². The molecule has 0 fully saturated rings. The second-order valence-corrected chi connectivity index (χ2v) is 4.12. The van der Waals surface area contributed by atoms with E-state index >= 15 is 0 Å². The monoisotopic (exact) mass is 270 g/mol. The molecule has 1 aliphatic carbocycles. The second-order valence-electron chi connectivity index (χ2n) is 4.12. The van der Waals surface area contributed by atoms with E-state index in [1.807, 2.05) is 6.07 Å². The van der Waals surface area contributed by atoms with Crippen LogP contribution in [-0.2, 0) is 9.53 Å². The van der Waals surface area contributed by atoms with E-state index in [1.54, 1.807) is 30.3 Å². The zero-order valence-corrected chi connectivity index (χ0v) is 10.9. The van der Waals surface area contributed by atoms with Gasteiger partial charge in [-0.05, 0) is 35.9 Å². The highest BCUT2D eigenvalue weighted by Gasteiger charge is 2.14. The van der Waals surface area contributed by atoms with Crippen LogP contribution in [0.15, 0.2) is 66.1 Å². The Morgan fingerprint density at radius 3 is 2.60 bits per heavy atom. The average Bonchev–Trinajstić information content (AvgIpc) is 2.49. The largest absolute Gasteiger partial charge is 0.493 e. The fraction of sp³-hybridized carbons (Fsp3) is 0.0667. The lowest BCUT2D eigenvalue weighted by Crippen LogP contribution is -2.32. The van der Waals surface area contributed by atoms with Crippen molar-refractivity contribution in [2.45, 2.75) is 0 Å². The predicted molar refractivity (Wildman–Crippen MR) is 74.1 cm³/mol. The highest BCUT2D eigenvalue weighted by Crippen LogP contribution is 2.14. The summed E-state index contributed by atoms with van der Waals surface area (Å²) in [7, 11) is 1.41. The van der Waals surface area contributed by atoms with Crippen molar-refractivity contribution in [2.75, 3.05) is 7.11 Å². The Kier molecular flexibility index (Phi) is 4.12. The number of carbonyl (C=O) groups is 2. The van der Waals surface area contributed by atoms with Gasteiger partial charge in [-0.2, -0.15) is 0 Å². The molecule has 0 atom stereocenters. The van der Waals surface area contributed by atoms with Gasteiger partial charge in [-0.1, -0.05) is 18.2 Å². The number of ether oxygens (including phenoxy) is 1. The molecule has 0 aromatic heterocycles. The molecule has 102 valence electrons. The minimum Gasteiger partial charge on any atom is -0.493 e. The van der Waals surface area contributed by atoms with Crippen LogP contribution in [-0.4, -0.2) is 23.8 Å². The van der Waals surface area contributed by atoms with Gasteiger partial charge >= 0.3 is 0 Å². The minimum absolute atomic E-state index is 0.208. The van der Waals surface area contributed by atoms with E-state index in [4.69, 9.17) is 10.6 Å². The SMILES string of the molecule is COC1=CC(=CN(N)C(=O)c2ccccc2)C=CC1=O. The summed E-state index contributed by atoms with van der Waals surface area (Å²) in [5, 5.41) is 0.981. The summed E-state index contributed by atoms with van der Waals surface area (Å²) in [4.78, 5) is 23.4. The van der Waals surface area contributed by atoms with Gasteiger partial charge < -0.3 is 4.74 Å². The molecule has 1 aromatic carbocycles. The first-order valence-electron chi connectivity index (χ1n) is 5.95. The summed E-state index contributed by atoms with van der Waals surface area (Å²) < 4.78 is 4.94. The molecule has 1 aromatic rings. The Bertz CT molecular complexity index is 615. The molecule has 0 radical (unpaired) electrons. The van der Waals surface area contributed by atoms with Crippen molar-refractivity contribution in [3.63, 3.8) is 0 Å². The topological polar surface area (TPSA) is 72.6 Å². The quantitative estimate of drug-likeness (QED) is 0.514. The molecule has 0 unspecified atom stereocenters. The van der Waals surface area contributed by atoms with Crippen molar-refractivity contribution in [2.24, 2.45) is 5.84 Å². The van der Waals surface area contributed by atoms with Gasteiger partial charge in [0, 0.05) is 11.8 Å². The Labute approximate surface area is 116 Å². The first-order chi connectivity index (χ1) is 9.61. The molecule has 1 amide bonds. The van der Waals surface area contributed by atoms with Crippen molar-refractivity contribution in [3.8, 4) is 0 Å². The van der Waals surface area contributed by atoms with E-state index < -0.39 is 0 Å². The minimum atomic E-state index is -0.337. The predicted octanol–water partition coefficient (Wildman–Crippen LogP) is 1.56. The van der Waals surface area contributed by atoms with Crippen LogP contribution in [0.25, 0.3) is 0 Å². The molecule has 0 bridgehead atoms. The molecule has 5 nitrogen and oxygen atoms in total. The smallest absolute Gasteiger partial charge is 0.271 e. The Morgan fingerprint density at radius 1 is 1.25 bits per heavy atom. The zero-order chi connectivity index (χ0) is 14.5. The fourth-order valence-corrected chi connectivity index (χ4v) is 1.71. The van der Waals surface area contributed by atoms with Gasteiger partial charge in [-0.15, -0.1) is 0 Å². The van der Waals surface area contributed by atoms with Gasteiger partial charge in [0.05, 0.1) is 7.11 Å². The molecule has 0 heterocycles. The standard InChI is InChI=1S/C15H14N2O3/c1-20-14-9-11(7-8-13(14)18)10-17(16)15(19)12-5-3-2-4-6-12/h2-10H,16H2,1H3. The van der Waals surface area contributed by atoms with Gasteiger partial charge in [0.15, 0.2) is 5.76 Å². The number of methoxy groups -OCH3 is 1. The molecule has 2 rings (SSSR count). The third kappa shape index (κ3) is 3.02. The second kappa shape index (κ2) is 5.99. The van der Waals surface area contributed by atoms with Crippen LogP contribution in [0.3, 0.4) is 0 Å². The molecule has 0 spiro atoms. The van der Waals surface area contributed by atoms with Crippen LogP contribution in [0.2, 0.25) is 0 Å². The number of hydrogen-bond donors (Lipinski definition) is 1. The molecular weight excluding hydrogens is 256 g/mol. The molecule has 0 saturated carbocycles. The van der Waals surface area contributed by atoms with Gasteiger partial charge in [0.1, 0.15) is 0 Å². The summed E-state index contributed by atoms with van der Waals surface area (Å²) in [5.41, 5.74) is 1.09. The van der Waals surface area contributed by atoms with E-state index in [0.717, 1.165) is 5.01 Å². The summed E-state index contributed by atoms with van der Waals surface area (Å²) in [6.07, 6.45) is 5.91. The summed E-state index contributed by atoms with van der Waals surface area (Å²) in [6.45, 7) is 0. The van der Waals surface area contributed by atoms with Gasteiger partial charge in [-0.25, -0.2) is 5.84 Å². The maximum absolute atomic E-state index is 12.0. The number of benzene rings is 1. The number of hydrogen-bond acceptors (Lipinski definition) is 4. The number of rotatable bonds is 3. The Morgan fingerprint density at radius 2 is 1.95 bits per heavy atom. The van der Waals surface area contributed by atoms with E-state index in [9.17, 15) is 9.59 Å². The average molecular weight is 270 g/mol. The molecule has 0 aliphatic heterocycles. The number of ketones is 1. The Hall–Kier alpha value is -2.66. The lowest BCUT2D eigenvalue weighted by Gasteiger charge is -2.14. The lowest BCUT2D eigenvalue weighted by atomic mass is 10.1. The van der Waals surface area contributed by atoms with E-state index in [-0.39, 0.29) is 17.4 Å². The third-order valence-electron chi connectivity index (χ3n) is 2.73.